The summed E-state index contributed by atoms with van der Waals surface area (Å²) in [6, 6.07) is 0. The van der Waals surface area contributed by atoms with Gasteiger partial charge in [-0.3, -0.25) is 0 Å². The standard InChI is InChI=1S/C20H32O3/c1-17(10-21)4-3-5-18(2)14(17)7-16(23)19-8-13-12(6-15(18)19)20(13,9-19)11-22/h12-16,21-23H,3-11H2,1-2H3/t12-,13+,14-,15+,16+,17-,18-,19-,20+/m1/s1. The van der Waals surface area contributed by atoms with E-state index in [9.17, 15) is 15.3 Å². The van der Waals surface area contributed by atoms with Crippen LogP contribution in [0.5, 0.6) is 0 Å². The highest BCUT2D eigenvalue weighted by Crippen LogP contribution is 2.85. The molecule has 0 unspecified atom stereocenters. The van der Waals surface area contributed by atoms with Gasteiger partial charge in [-0.05, 0) is 73.0 Å². The van der Waals surface area contributed by atoms with Crippen LogP contribution in [-0.4, -0.2) is 34.6 Å². The zero-order chi connectivity index (χ0) is 16.3. The Morgan fingerprint density at radius 2 is 1.74 bits per heavy atom. The van der Waals surface area contributed by atoms with Crippen LogP contribution in [0, 0.1) is 45.3 Å². The first-order chi connectivity index (χ1) is 10.9. The third kappa shape index (κ3) is 1.46. The SMILES string of the molecule is C[C@]1(CO)CCC[C@]2(C)[C@@H]1C[C@H](O)[C@@]13C[C@H]4[C@@H](C[C@@H]21)[C@@]4(CO)C3. The molecule has 6 aliphatic rings. The molecule has 9 atom stereocenters. The lowest BCUT2D eigenvalue weighted by atomic mass is 9.39. The normalized spacial score (nSPS) is 65.9. The molecule has 0 heterocycles. The number of fused-ring (bicyclic) bond motifs is 1. The molecule has 0 saturated heterocycles. The summed E-state index contributed by atoms with van der Waals surface area (Å²) < 4.78 is 0. The molecule has 6 aliphatic carbocycles. The summed E-state index contributed by atoms with van der Waals surface area (Å²) in [5.41, 5.74) is 0.495. The van der Waals surface area contributed by atoms with Crippen LogP contribution in [0.4, 0.5) is 0 Å². The van der Waals surface area contributed by atoms with Crippen LogP contribution in [0.3, 0.4) is 0 Å². The number of aliphatic hydroxyl groups excluding tert-OH is 3. The maximum atomic E-state index is 11.2. The minimum atomic E-state index is -0.230. The highest BCUT2D eigenvalue weighted by Gasteiger charge is 2.81. The maximum Gasteiger partial charge on any atom is 0.0602 e. The summed E-state index contributed by atoms with van der Waals surface area (Å²) in [6.45, 7) is 5.32. The van der Waals surface area contributed by atoms with Gasteiger partial charge in [0, 0.05) is 24.0 Å². The molecule has 0 radical (unpaired) electrons. The third-order valence-corrected chi connectivity index (χ3v) is 9.97. The first kappa shape index (κ1) is 15.2. The molecule has 0 aromatic carbocycles. The van der Waals surface area contributed by atoms with Crippen molar-refractivity contribution < 1.29 is 15.3 Å². The van der Waals surface area contributed by atoms with E-state index < -0.39 is 0 Å². The maximum absolute atomic E-state index is 11.2. The molecular formula is C20H32O3. The van der Waals surface area contributed by atoms with E-state index in [-0.39, 0.29) is 34.4 Å². The molecule has 0 aromatic heterocycles. The average Bonchev–Trinajstić information content (AvgIpc) is 3.04. The number of hydrogen-bond acceptors (Lipinski definition) is 3. The van der Waals surface area contributed by atoms with Crippen LogP contribution in [-0.2, 0) is 0 Å². The van der Waals surface area contributed by atoms with Crippen molar-refractivity contribution in [2.75, 3.05) is 13.2 Å². The quantitative estimate of drug-likeness (QED) is 0.733. The fourth-order valence-electron chi connectivity index (χ4n) is 8.86. The largest absolute Gasteiger partial charge is 0.396 e. The first-order valence-corrected chi connectivity index (χ1v) is 9.76. The fourth-order valence-corrected chi connectivity index (χ4v) is 8.86. The smallest absolute Gasteiger partial charge is 0.0602 e. The van der Waals surface area contributed by atoms with Crippen molar-refractivity contribution >= 4 is 0 Å². The Kier molecular flexibility index (Phi) is 2.74. The van der Waals surface area contributed by atoms with E-state index in [4.69, 9.17) is 0 Å². The van der Waals surface area contributed by atoms with E-state index in [1.165, 1.54) is 19.3 Å². The summed E-state index contributed by atoms with van der Waals surface area (Å²) >= 11 is 0. The molecule has 3 heteroatoms. The molecule has 3 N–H and O–H groups in total. The van der Waals surface area contributed by atoms with Gasteiger partial charge in [-0.1, -0.05) is 20.3 Å². The van der Waals surface area contributed by atoms with Gasteiger partial charge in [-0.25, -0.2) is 0 Å². The second-order valence-electron chi connectivity index (χ2n) is 10.5. The lowest BCUT2D eigenvalue weighted by Gasteiger charge is -2.67. The zero-order valence-corrected chi connectivity index (χ0v) is 14.6. The second kappa shape index (κ2) is 4.16. The zero-order valence-electron chi connectivity index (χ0n) is 14.6. The minimum Gasteiger partial charge on any atom is -0.396 e. The van der Waals surface area contributed by atoms with Crippen molar-refractivity contribution in [1.29, 1.82) is 0 Å². The lowest BCUT2D eigenvalue weighted by molar-refractivity contribution is -0.220. The molecule has 23 heavy (non-hydrogen) atoms. The Morgan fingerprint density at radius 1 is 0.957 bits per heavy atom. The van der Waals surface area contributed by atoms with Crippen molar-refractivity contribution in [3.05, 3.63) is 0 Å². The molecule has 0 aromatic rings. The number of aliphatic hydroxyl groups is 3. The van der Waals surface area contributed by atoms with Gasteiger partial charge in [-0.2, -0.15) is 0 Å². The highest BCUT2D eigenvalue weighted by atomic mass is 16.3. The first-order valence-electron chi connectivity index (χ1n) is 9.76. The van der Waals surface area contributed by atoms with E-state index in [1.807, 2.05) is 0 Å². The topological polar surface area (TPSA) is 60.7 Å². The van der Waals surface area contributed by atoms with Gasteiger partial charge in [0.15, 0.2) is 0 Å². The van der Waals surface area contributed by atoms with Crippen molar-refractivity contribution in [3.8, 4) is 0 Å². The summed E-state index contributed by atoms with van der Waals surface area (Å²) in [5.74, 6) is 2.44. The van der Waals surface area contributed by atoms with Gasteiger partial charge in [0.25, 0.3) is 0 Å². The Balaban J connectivity index is 1.57. The molecule has 6 saturated carbocycles. The van der Waals surface area contributed by atoms with Crippen LogP contribution in [0.25, 0.3) is 0 Å². The summed E-state index contributed by atoms with van der Waals surface area (Å²) in [6.07, 6.45) is 7.65. The van der Waals surface area contributed by atoms with Crippen molar-refractivity contribution in [2.24, 2.45) is 45.3 Å². The summed E-state index contributed by atoms with van der Waals surface area (Å²) in [4.78, 5) is 0. The Morgan fingerprint density at radius 3 is 2.39 bits per heavy atom. The molecule has 4 bridgehead atoms. The predicted octanol–water partition coefficient (Wildman–Crippen LogP) is 2.58. The molecule has 0 aliphatic heterocycles. The van der Waals surface area contributed by atoms with Crippen LogP contribution in [0.15, 0.2) is 0 Å². The van der Waals surface area contributed by atoms with Crippen molar-refractivity contribution in [1.82, 2.24) is 0 Å². The van der Waals surface area contributed by atoms with Gasteiger partial charge < -0.3 is 15.3 Å². The lowest BCUT2D eigenvalue weighted by Crippen LogP contribution is -2.63. The Hall–Kier alpha value is -0.120. The molecule has 6 fully saturated rings. The van der Waals surface area contributed by atoms with Crippen LogP contribution >= 0.6 is 0 Å². The molecule has 1 spiro atoms. The van der Waals surface area contributed by atoms with Gasteiger partial charge in [0.1, 0.15) is 0 Å². The average molecular weight is 320 g/mol. The van der Waals surface area contributed by atoms with E-state index in [1.54, 1.807) is 0 Å². The highest BCUT2D eigenvalue weighted by molar-refractivity contribution is 5.29. The number of hydrogen-bond donors (Lipinski definition) is 3. The van der Waals surface area contributed by atoms with Crippen LogP contribution in [0.1, 0.15) is 58.8 Å². The van der Waals surface area contributed by atoms with E-state index in [0.717, 1.165) is 25.7 Å². The van der Waals surface area contributed by atoms with Crippen molar-refractivity contribution in [3.63, 3.8) is 0 Å². The summed E-state index contributed by atoms with van der Waals surface area (Å²) in [7, 11) is 0. The van der Waals surface area contributed by atoms with Gasteiger partial charge >= 0.3 is 0 Å². The fraction of sp³-hybridized carbons (Fsp3) is 1.00. The predicted molar refractivity (Wildman–Crippen MR) is 87.5 cm³/mol. The molecule has 6 rings (SSSR count). The minimum absolute atomic E-state index is 0.0200. The van der Waals surface area contributed by atoms with E-state index in [2.05, 4.69) is 13.8 Å². The Bertz CT molecular complexity index is 549. The molecule has 3 nitrogen and oxygen atoms in total. The van der Waals surface area contributed by atoms with Gasteiger partial charge in [-0.15, -0.1) is 0 Å². The third-order valence-electron chi connectivity index (χ3n) is 9.97. The van der Waals surface area contributed by atoms with Gasteiger partial charge in [0.2, 0.25) is 0 Å². The Labute approximate surface area is 139 Å². The molecular weight excluding hydrogens is 288 g/mol. The van der Waals surface area contributed by atoms with Gasteiger partial charge in [0.05, 0.1) is 6.10 Å². The monoisotopic (exact) mass is 320 g/mol. The van der Waals surface area contributed by atoms with E-state index >= 15 is 0 Å². The van der Waals surface area contributed by atoms with Crippen LogP contribution < -0.4 is 0 Å². The second-order valence-corrected chi connectivity index (χ2v) is 10.5. The summed E-state index contributed by atoms with van der Waals surface area (Å²) in [5, 5.41) is 31.3. The number of rotatable bonds is 2. The van der Waals surface area contributed by atoms with E-state index in [0.29, 0.717) is 30.3 Å². The molecule has 130 valence electrons. The van der Waals surface area contributed by atoms with Crippen LogP contribution in [0.2, 0.25) is 0 Å². The molecule has 0 amide bonds. The van der Waals surface area contributed by atoms with Crippen molar-refractivity contribution in [2.45, 2.75) is 64.9 Å².